The zero-order chi connectivity index (χ0) is 32.9. The first-order valence-corrected chi connectivity index (χ1v) is 17.9. The lowest BCUT2D eigenvalue weighted by Gasteiger charge is -2.36. The van der Waals surface area contributed by atoms with Crippen molar-refractivity contribution in [3.63, 3.8) is 0 Å². The number of anilines is 1. The topological polar surface area (TPSA) is 83.5 Å². The molecule has 1 unspecified atom stereocenters. The molecule has 8 heteroatoms. The van der Waals surface area contributed by atoms with Crippen molar-refractivity contribution in [2.45, 2.75) is 71.3 Å². The van der Waals surface area contributed by atoms with Crippen LogP contribution in [0.5, 0.6) is 0 Å². The molecule has 2 saturated heterocycles. The molecule has 2 fully saturated rings. The van der Waals surface area contributed by atoms with E-state index in [9.17, 15) is 4.79 Å². The van der Waals surface area contributed by atoms with Crippen molar-refractivity contribution in [3.8, 4) is 11.1 Å². The predicted octanol–water partition coefficient (Wildman–Crippen LogP) is 7.13. The highest BCUT2D eigenvalue weighted by Gasteiger charge is 2.28. The van der Waals surface area contributed by atoms with Crippen LogP contribution in [0.2, 0.25) is 0 Å². The number of fused-ring (bicyclic) bond motifs is 1. The number of amides is 1. The van der Waals surface area contributed by atoms with Crippen molar-refractivity contribution < 1.29 is 4.79 Å². The molecule has 5 heterocycles. The highest BCUT2D eigenvalue weighted by molar-refractivity contribution is 5.94. The van der Waals surface area contributed by atoms with E-state index in [2.05, 4.69) is 88.5 Å². The first kappa shape index (κ1) is 33.2. The molecule has 8 nitrogen and oxygen atoms in total. The van der Waals surface area contributed by atoms with Gasteiger partial charge in [0.1, 0.15) is 11.5 Å². The summed E-state index contributed by atoms with van der Waals surface area (Å²) < 4.78 is 2.24. The number of carbonyl (C=O) groups excluding carboxylic acids is 1. The molecule has 0 aliphatic carbocycles. The fourth-order valence-corrected chi connectivity index (χ4v) is 7.95. The number of nitrogen functional groups attached to an aromatic ring is 1. The van der Waals surface area contributed by atoms with Gasteiger partial charge >= 0.3 is 0 Å². The predicted molar refractivity (Wildman–Crippen MR) is 192 cm³/mol. The van der Waals surface area contributed by atoms with Gasteiger partial charge in [-0.25, -0.2) is 9.97 Å². The fourth-order valence-electron chi connectivity index (χ4n) is 7.95. The van der Waals surface area contributed by atoms with E-state index in [0.29, 0.717) is 17.7 Å². The third-order valence-corrected chi connectivity index (χ3v) is 10.7. The smallest absolute Gasteiger partial charge is 0.253 e. The Kier molecular flexibility index (Phi) is 10.6. The van der Waals surface area contributed by atoms with E-state index < -0.39 is 0 Å². The van der Waals surface area contributed by atoms with Gasteiger partial charge < -0.3 is 20.1 Å². The molecule has 2 N–H and O–H groups in total. The van der Waals surface area contributed by atoms with E-state index in [1.54, 1.807) is 0 Å². The lowest BCUT2D eigenvalue weighted by Crippen LogP contribution is -2.42. The Labute approximate surface area is 281 Å². The van der Waals surface area contributed by atoms with Crippen molar-refractivity contribution in [1.29, 1.82) is 0 Å². The van der Waals surface area contributed by atoms with Gasteiger partial charge in [-0.05, 0) is 131 Å². The molecule has 1 atom stereocenters. The molecule has 4 aromatic rings. The number of aromatic nitrogens is 3. The summed E-state index contributed by atoms with van der Waals surface area (Å²) in [6.45, 7) is 14.2. The number of benzene rings is 1. The Morgan fingerprint density at radius 1 is 0.936 bits per heavy atom. The van der Waals surface area contributed by atoms with Crippen LogP contribution in [0.4, 0.5) is 5.82 Å². The quantitative estimate of drug-likeness (QED) is 0.189. The van der Waals surface area contributed by atoms with Gasteiger partial charge in [0.25, 0.3) is 5.91 Å². The molecule has 47 heavy (non-hydrogen) atoms. The second kappa shape index (κ2) is 15.0. The van der Waals surface area contributed by atoms with E-state index in [-0.39, 0.29) is 11.9 Å². The lowest BCUT2D eigenvalue weighted by molar-refractivity contribution is 0.0667. The maximum absolute atomic E-state index is 13.4. The van der Waals surface area contributed by atoms with Crippen LogP contribution in [-0.4, -0.2) is 81.0 Å². The number of hydrogen-bond acceptors (Lipinski definition) is 6. The monoisotopic (exact) mass is 635 g/mol. The first-order valence-electron chi connectivity index (χ1n) is 17.9. The van der Waals surface area contributed by atoms with E-state index in [0.717, 1.165) is 79.6 Å². The molecule has 1 amide bonds. The molecular weight excluding hydrogens is 582 g/mol. The number of piperidine rings is 2. The van der Waals surface area contributed by atoms with Gasteiger partial charge in [0.15, 0.2) is 0 Å². The van der Waals surface area contributed by atoms with Gasteiger partial charge in [-0.15, -0.1) is 0 Å². The minimum atomic E-state index is 0.192. The number of pyridine rings is 2. The van der Waals surface area contributed by atoms with E-state index in [1.807, 2.05) is 24.5 Å². The third-order valence-electron chi connectivity index (χ3n) is 10.7. The zero-order valence-corrected chi connectivity index (χ0v) is 28.9. The number of nitrogens with two attached hydrogens (primary N) is 1. The summed E-state index contributed by atoms with van der Waals surface area (Å²) in [5.74, 6) is 1.94. The highest BCUT2D eigenvalue weighted by Crippen LogP contribution is 2.36. The molecule has 2 aliphatic heterocycles. The van der Waals surface area contributed by atoms with E-state index in [1.165, 1.54) is 43.7 Å². The average molecular weight is 636 g/mol. The first-order chi connectivity index (χ1) is 22.9. The Morgan fingerprint density at radius 2 is 1.64 bits per heavy atom. The average Bonchev–Trinajstić information content (AvgIpc) is 3.45. The van der Waals surface area contributed by atoms with Crippen LogP contribution < -0.4 is 5.73 Å². The Bertz CT molecular complexity index is 1610. The van der Waals surface area contributed by atoms with Crippen molar-refractivity contribution in [2.75, 3.05) is 51.5 Å². The van der Waals surface area contributed by atoms with Gasteiger partial charge in [0, 0.05) is 67.3 Å². The molecule has 6 rings (SSSR count). The van der Waals surface area contributed by atoms with Crippen LogP contribution in [0.1, 0.15) is 92.9 Å². The van der Waals surface area contributed by atoms with Crippen LogP contribution in [0, 0.1) is 5.92 Å². The van der Waals surface area contributed by atoms with Crippen molar-refractivity contribution in [3.05, 3.63) is 77.7 Å². The van der Waals surface area contributed by atoms with Crippen molar-refractivity contribution in [1.82, 2.24) is 29.2 Å². The molecule has 1 aromatic carbocycles. The summed E-state index contributed by atoms with van der Waals surface area (Å²) in [6.07, 6.45) is 10.6. The van der Waals surface area contributed by atoms with E-state index in [4.69, 9.17) is 10.7 Å². The normalized spacial score (nSPS) is 17.5. The van der Waals surface area contributed by atoms with Crippen LogP contribution in [-0.2, 0) is 7.05 Å². The molecule has 0 bridgehead atoms. The number of carbonyl (C=O) groups is 1. The summed E-state index contributed by atoms with van der Waals surface area (Å²) in [5.41, 5.74) is 12.5. The molecule has 0 saturated carbocycles. The number of aryl methyl sites for hydroxylation is 1. The second-order valence-electron chi connectivity index (χ2n) is 13.8. The van der Waals surface area contributed by atoms with Gasteiger partial charge in [0.05, 0.1) is 0 Å². The molecular formula is C39H53N7O. The number of nitrogens with zero attached hydrogens (tertiary/aromatic N) is 6. The summed E-state index contributed by atoms with van der Waals surface area (Å²) in [6, 6.07) is 17.1. The maximum atomic E-state index is 13.4. The molecule has 0 spiro atoms. The van der Waals surface area contributed by atoms with Gasteiger partial charge in [-0.3, -0.25) is 9.69 Å². The summed E-state index contributed by atoms with van der Waals surface area (Å²) in [4.78, 5) is 29.7. The van der Waals surface area contributed by atoms with Crippen molar-refractivity contribution >= 4 is 22.8 Å². The minimum Gasteiger partial charge on any atom is -0.384 e. The summed E-state index contributed by atoms with van der Waals surface area (Å²) >= 11 is 0. The molecule has 0 radical (unpaired) electrons. The Balaban J connectivity index is 1.03. The van der Waals surface area contributed by atoms with Crippen LogP contribution in [0.15, 0.2) is 60.9 Å². The summed E-state index contributed by atoms with van der Waals surface area (Å²) in [7, 11) is 2.12. The maximum Gasteiger partial charge on any atom is 0.253 e. The largest absolute Gasteiger partial charge is 0.384 e. The SMILES string of the molecule is CCCN(CCC)CC1CCN(C(=O)c2ccc(C3CCN(C(C)c4cc5c(-c6ccc(N)nc6)ccnc5n4C)CC3)cc2)CC1. The number of rotatable bonds is 11. The number of likely N-dealkylation sites (tertiary alicyclic amines) is 2. The number of hydrogen-bond donors (Lipinski definition) is 1. The summed E-state index contributed by atoms with van der Waals surface area (Å²) in [5, 5.41) is 1.14. The zero-order valence-electron chi connectivity index (χ0n) is 28.9. The van der Waals surface area contributed by atoms with Crippen LogP contribution in [0.3, 0.4) is 0 Å². The van der Waals surface area contributed by atoms with Crippen molar-refractivity contribution in [2.24, 2.45) is 13.0 Å². The molecule has 2 aliphatic rings. The van der Waals surface area contributed by atoms with Crippen LogP contribution in [0.25, 0.3) is 22.2 Å². The van der Waals surface area contributed by atoms with Gasteiger partial charge in [0.2, 0.25) is 0 Å². The van der Waals surface area contributed by atoms with Gasteiger partial charge in [-0.1, -0.05) is 26.0 Å². The van der Waals surface area contributed by atoms with Crippen LogP contribution >= 0.6 is 0 Å². The fraction of sp³-hybridized carbons (Fsp3) is 0.513. The standard InChI is InChI=1S/C39H53N7O/c1-5-19-44(20-6-2)27-29-14-21-46(22-15-29)39(47)32-9-7-30(8-10-32)31-16-23-45(24-17-31)28(3)36-25-35-34(13-18-41-38(35)43(36)4)33-11-12-37(40)42-26-33/h7-13,18,25-26,28-29,31H,5-6,14-17,19-24,27H2,1-4H3,(H2,40,42). The second-order valence-corrected chi connectivity index (χ2v) is 13.8. The highest BCUT2D eigenvalue weighted by atomic mass is 16.2. The Morgan fingerprint density at radius 3 is 2.28 bits per heavy atom. The van der Waals surface area contributed by atoms with Gasteiger partial charge in [-0.2, -0.15) is 0 Å². The Hall–Kier alpha value is -3.75. The molecule has 250 valence electrons. The third kappa shape index (κ3) is 7.39. The molecule has 3 aromatic heterocycles. The lowest BCUT2D eigenvalue weighted by atomic mass is 9.88. The minimum absolute atomic E-state index is 0.192. The van der Waals surface area contributed by atoms with E-state index >= 15 is 0 Å².